The predicted molar refractivity (Wildman–Crippen MR) is 115 cm³/mol. The first-order valence-electron chi connectivity index (χ1n) is 11.0. The van der Waals surface area contributed by atoms with Gasteiger partial charge in [-0.2, -0.15) is 5.10 Å². The Bertz CT molecular complexity index is 859. The molecule has 2 fully saturated rings. The molecule has 2 amide bonds. The molecular formula is C23H31N5O2. The Labute approximate surface area is 178 Å². The summed E-state index contributed by atoms with van der Waals surface area (Å²) in [5.41, 5.74) is 1.96. The second kappa shape index (κ2) is 9.43. The highest BCUT2D eigenvalue weighted by Gasteiger charge is 2.35. The molecule has 160 valence electrons. The van der Waals surface area contributed by atoms with Crippen molar-refractivity contribution in [1.29, 1.82) is 0 Å². The van der Waals surface area contributed by atoms with E-state index in [1.165, 1.54) is 12.8 Å². The van der Waals surface area contributed by atoms with E-state index in [1.807, 2.05) is 46.0 Å². The number of benzene rings is 1. The molecule has 1 aromatic heterocycles. The minimum Gasteiger partial charge on any atom is -0.334 e. The van der Waals surface area contributed by atoms with Crippen LogP contribution < -0.4 is 0 Å². The first-order chi connectivity index (χ1) is 14.6. The van der Waals surface area contributed by atoms with Gasteiger partial charge in [0, 0.05) is 32.8 Å². The van der Waals surface area contributed by atoms with Crippen LogP contribution >= 0.6 is 0 Å². The van der Waals surface area contributed by atoms with Gasteiger partial charge in [0.1, 0.15) is 6.04 Å². The summed E-state index contributed by atoms with van der Waals surface area (Å²) in [6, 6.07) is 11.6. The van der Waals surface area contributed by atoms with Crippen LogP contribution in [0.25, 0.3) is 5.69 Å². The summed E-state index contributed by atoms with van der Waals surface area (Å²) in [6.07, 6.45) is 5.88. The van der Waals surface area contributed by atoms with Crippen molar-refractivity contribution >= 4 is 11.8 Å². The molecule has 2 aliphatic rings. The normalized spacial score (nSPS) is 19.4. The molecule has 0 N–H and O–H groups in total. The average Bonchev–Trinajstić information content (AvgIpc) is 3.53. The van der Waals surface area contributed by atoms with Crippen molar-refractivity contribution in [2.75, 3.05) is 32.7 Å². The maximum Gasteiger partial charge on any atom is 0.245 e. The number of para-hydroxylation sites is 1. The molecule has 0 saturated carbocycles. The Morgan fingerprint density at radius 1 is 1.07 bits per heavy atom. The highest BCUT2D eigenvalue weighted by Crippen LogP contribution is 2.21. The van der Waals surface area contributed by atoms with Crippen molar-refractivity contribution in [1.82, 2.24) is 24.5 Å². The molecule has 2 saturated heterocycles. The molecule has 0 spiro atoms. The number of rotatable bonds is 7. The van der Waals surface area contributed by atoms with Gasteiger partial charge in [-0.3, -0.25) is 9.59 Å². The molecule has 0 aliphatic carbocycles. The zero-order valence-corrected chi connectivity index (χ0v) is 17.7. The first-order valence-corrected chi connectivity index (χ1v) is 11.0. The minimum atomic E-state index is -0.339. The molecule has 2 aromatic rings. The van der Waals surface area contributed by atoms with Crippen LogP contribution in [0, 0.1) is 0 Å². The van der Waals surface area contributed by atoms with Crippen molar-refractivity contribution in [2.45, 2.75) is 45.2 Å². The lowest BCUT2D eigenvalue weighted by atomic mass is 10.1. The van der Waals surface area contributed by atoms with E-state index in [-0.39, 0.29) is 17.9 Å². The van der Waals surface area contributed by atoms with E-state index in [1.54, 1.807) is 18.0 Å². The van der Waals surface area contributed by atoms with Crippen LogP contribution in [-0.2, 0) is 16.1 Å². The van der Waals surface area contributed by atoms with Gasteiger partial charge in [-0.1, -0.05) is 18.2 Å². The van der Waals surface area contributed by atoms with Crippen LogP contribution in [0.3, 0.4) is 0 Å². The number of hydrogen-bond donors (Lipinski definition) is 0. The lowest BCUT2D eigenvalue weighted by Gasteiger charge is -2.31. The monoisotopic (exact) mass is 409 g/mol. The summed E-state index contributed by atoms with van der Waals surface area (Å²) in [4.78, 5) is 31.7. The molecule has 2 aliphatic heterocycles. The zero-order chi connectivity index (χ0) is 20.9. The third-order valence-electron chi connectivity index (χ3n) is 6.21. The number of amides is 2. The molecule has 3 heterocycles. The number of aromatic nitrogens is 2. The van der Waals surface area contributed by atoms with Gasteiger partial charge >= 0.3 is 0 Å². The van der Waals surface area contributed by atoms with E-state index in [9.17, 15) is 9.59 Å². The molecular weight excluding hydrogens is 378 g/mol. The van der Waals surface area contributed by atoms with Crippen molar-refractivity contribution < 1.29 is 9.59 Å². The van der Waals surface area contributed by atoms with Gasteiger partial charge in [0.2, 0.25) is 11.8 Å². The molecule has 0 bridgehead atoms. The summed E-state index contributed by atoms with van der Waals surface area (Å²) >= 11 is 0. The minimum absolute atomic E-state index is 0.0142. The molecule has 0 radical (unpaired) electrons. The van der Waals surface area contributed by atoms with Crippen molar-refractivity contribution in [3.8, 4) is 5.69 Å². The molecule has 7 heteroatoms. The third kappa shape index (κ3) is 4.56. The van der Waals surface area contributed by atoms with Crippen LogP contribution in [-0.4, -0.2) is 75.1 Å². The molecule has 4 rings (SSSR count). The maximum absolute atomic E-state index is 13.5. The molecule has 7 nitrogen and oxygen atoms in total. The SMILES string of the molecule is CC(=O)N1CCCC1C(=O)N(CCN1CCCC1)Cc1ccnn1-c1ccccc1. The Kier molecular flexibility index (Phi) is 6.47. The van der Waals surface area contributed by atoms with Gasteiger partial charge in [0.25, 0.3) is 0 Å². The summed E-state index contributed by atoms with van der Waals surface area (Å²) in [6.45, 7) is 6.47. The summed E-state index contributed by atoms with van der Waals surface area (Å²) in [5.74, 6) is 0.0439. The lowest BCUT2D eigenvalue weighted by Crippen LogP contribution is -2.48. The maximum atomic E-state index is 13.5. The van der Waals surface area contributed by atoms with Gasteiger partial charge in [0.05, 0.1) is 17.9 Å². The zero-order valence-electron chi connectivity index (χ0n) is 17.7. The smallest absolute Gasteiger partial charge is 0.245 e. The Morgan fingerprint density at radius 3 is 2.57 bits per heavy atom. The van der Waals surface area contributed by atoms with E-state index in [0.29, 0.717) is 19.6 Å². The summed E-state index contributed by atoms with van der Waals surface area (Å²) in [7, 11) is 0. The molecule has 1 atom stereocenters. The number of hydrogen-bond acceptors (Lipinski definition) is 4. The standard InChI is InChI=1S/C23H31N5O2/c1-19(29)27-15-7-10-22(27)23(30)26(17-16-25-13-5-6-14-25)18-21-11-12-24-28(21)20-8-3-2-4-9-20/h2-4,8-9,11-12,22H,5-7,10,13-18H2,1H3. The van der Waals surface area contributed by atoms with E-state index < -0.39 is 0 Å². The highest BCUT2D eigenvalue weighted by atomic mass is 16.2. The lowest BCUT2D eigenvalue weighted by molar-refractivity contribution is -0.143. The second-order valence-electron chi connectivity index (χ2n) is 8.25. The fourth-order valence-corrected chi connectivity index (χ4v) is 4.59. The van der Waals surface area contributed by atoms with Gasteiger partial charge in [-0.15, -0.1) is 0 Å². The first kappa shape index (κ1) is 20.6. The topological polar surface area (TPSA) is 61.7 Å². The van der Waals surface area contributed by atoms with E-state index in [4.69, 9.17) is 0 Å². The largest absolute Gasteiger partial charge is 0.334 e. The molecule has 1 aromatic carbocycles. The average molecular weight is 410 g/mol. The van der Waals surface area contributed by atoms with Gasteiger partial charge in [0.15, 0.2) is 0 Å². The fourth-order valence-electron chi connectivity index (χ4n) is 4.59. The van der Waals surface area contributed by atoms with Crippen molar-refractivity contribution in [3.05, 3.63) is 48.3 Å². The van der Waals surface area contributed by atoms with Crippen LogP contribution in [0.2, 0.25) is 0 Å². The predicted octanol–water partition coefficient (Wildman–Crippen LogP) is 2.31. The number of carbonyl (C=O) groups is 2. The van der Waals surface area contributed by atoms with Gasteiger partial charge in [-0.25, -0.2) is 4.68 Å². The van der Waals surface area contributed by atoms with E-state index >= 15 is 0 Å². The Balaban J connectivity index is 1.54. The summed E-state index contributed by atoms with van der Waals surface area (Å²) in [5, 5.41) is 4.48. The number of likely N-dealkylation sites (tertiary alicyclic amines) is 2. The van der Waals surface area contributed by atoms with Gasteiger partial charge in [-0.05, 0) is 57.0 Å². The second-order valence-corrected chi connectivity index (χ2v) is 8.25. The Hall–Kier alpha value is -2.67. The van der Waals surface area contributed by atoms with Crippen LogP contribution in [0.1, 0.15) is 38.3 Å². The van der Waals surface area contributed by atoms with Crippen LogP contribution in [0.4, 0.5) is 0 Å². The molecule has 30 heavy (non-hydrogen) atoms. The van der Waals surface area contributed by atoms with Crippen LogP contribution in [0.15, 0.2) is 42.6 Å². The van der Waals surface area contributed by atoms with E-state index in [0.717, 1.165) is 43.9 Å². The fraction of sp³-hybridized carbons (Fsp3) is 0.522. The Morgan fingerprint density at radius 2 is 1.83 bits per heavy atom. The number of nitrogens with zero attached hydrogens (tertiary/aromatic N) is 5. The van der Waals surface area contributed by atoms with E-state index in [2.05, 4.69) is 10.00 Å². The summed E-state index contributed by atoms with van der Waals surface area (Å²) < 4.78 is 1.90. The van der Waals surface area contributed by atoms with Gasteiger partial charge < -0.3 is 14.7 Å². The molecule has 1 unspecified atom stereocenters. The third-order valence-corrected chi connectivity index (χ3v) is 6.21. The quantitative estimate of drug-likeness (QED) is 0.704. The highest BCUT2D eigenvalue weighted by molar-refractivity contribution is 5.87. The van der Waals surface area contributed by atoms with Crippen molar-refractivity contribution in [3.63, 3.8) is 0 Å². The van der Waals surface area contributed by atoms with Crippen LogP contribution in [0.5, 0.6) is 0 Å². The number of carbonyl (C=O) groups excluding carboxylic acids is 2. The van der Waals surface area contributed by atoms with Crippen molar-refractivity contribution in [2.24, 2.45) is 0 Å².